The van der Waals surface area contributed by atoms with E-state index < -0.39 is 0 Å². The van der Waals surface area contributed by atoms with Crippen LogP contribution in [-0.4, -0.2) is 29.4 Å². The van der Waals surface area contributed by atoms with Crippen LogP contribution in [0.5, 0.6) is 0 Å². The number of rotatable bonds is 4. The Morgan fingerprint density at radius 1 is 1.47 bits per heavy atom. The third kappa shape index (κ3) is 2.23. The second-order valence-corrected chi connectivity index (χ2v) is 4.41. The normalized spacial score (nSPS) is 16.8. The molecule has 2 N–H and O–H groups in total. The Kier molecular flexibility index (Phi) is 3.56. The predicted molar refractivity (Wildman–Crippen MR) is 70.4 cm³/mol. The highest BCUT2D eigenvalue weighted by Gasteiger charge is 2.23. The first-order valence-electron chi connectivity index (χ1n) is 6.04. The zero-order valence-corrected chi connectivity index (χ0v) is 10.4. The zero-order chi connectivity index (χ0) is 12.3. The van der Waals surface area contributed by atoms with Gasteiger partial charge < -0.3 is 10.7 Å². The molecular formula is C12H19N5. The van der Waals surface area contributed by atoms with Gasteiger partial charge in [-0.25, -0.2) is 4.68 Å². The standard InChI is InChI=1S/C12H19N5/c1-9-11(7-13)12(15-8-14-2)17(16-9)10-5-3-4-6-10/h7-8,10,13H,3-6H2,1-2H3,(H,14,15). The molecule has 1 heterocycles. The minimum atomic E-state index is 0.468. The van der Waals surface area contributed by atoms with Crippen LogP contribution in [0.15, 0.2) is 4.99 Å². The summed E-state index contributed by atoms with van der Waals surface area (Å²) in [5.41, 5.74) is 1.76. The van der Waals surface area contributed by atoms with Crippen LogP contribution in [0.25, 0.3) is 0 Å². The van der Waals surface area contributed by atoms with E-state index in [2.05, 4.69) is 15.4 Å². The molecule has 5 nitrogen and oxygen atoms in total. The van der Waals surface area contributed by atoms with E-state index in [1.54, 1.807) is 13.4 Å². The highest BCUT2D eigenvalue weighted by atomic mass is 15.4. The fourth-order valence-electron chi connectivity index (χ4n) is 2.42. The number of hydrogen-bond donors (Lipinski definition) is 2. The van der Waals surface area contributed by atoms with Crippen LogP contribution in [0, 0.1) is 12.3 Å². The van der Waals surface area contributed by atoms with Gasteiger partial charge in [0.25, 0.3) is 0 Å². The summed E-state index contributed by atoms with van der Waals surface area (Å²) in [6, 6.07) is 0.468. The van der Waals surface area contributed by atoms with Gasteiger partial charge in [-0.1, -0.05) is 12.8 Å². The fraction of sp³-hybridized carbons (Fsp3) is 0.583. The fourth-order valence-corrected chi connectivity index (χ4v) is 2.42. The maximum atomic E-state index is 7.48. The Morgan fingerprint density at radius 2 is 2.18 bits per heavy atom. The van der Waals surface area contributed by atoms with Crippen molar-refractivity contribution in [1.29, 1.82) is 5.41 Å². The van der Waals surface area contributed by atoms with E-state index in [0.717, 1.165) is 17.1 Å². The maximum Gasteiger partial charge on any atom is 0.138 e. The monoisotopic (exact) mass is 233 g/mol. The van der Waals surface area contributed by atoms with Gasteiger partial charge in [-0.3, -0.25) is 4.99 Å². The molecule has 0 spiro atoms. The second kappa shape index (κ2) is 5.12. The van der Waals surface area contributed by atoms with Gasteiger partial charge in [0.05, 0.1) is 23.6 Å². The van der Waals surface area contributed by atoms with E-state index in [9.17, 15) is 0 Å². The summed E-state index contributed by atoms with van der Waals surface area (Å²) in [7, 11) is 1.72. The molecule has 0 aliphatic heterocycles. The van der Waals surface area contributed by atoms with Crippen molar-refractivity contribution in [3.63, 3.8) is 0 Å². The Labute approximate surface area is 101 Å². The molecule has 0 unspecified atom stereocenters. The predicted octanol–water partition coefficient (Wildman–Crippen LogP) is 2.37. The van der Waals surface area contributed by atoms with Gasteiger partial charge in [0.2, 0.25) is 0 Å². The largest absolute Gasteiger partial charge is 0.331 e. The quantitative estimate of drug-likeness (QED) is 0.619. The van der Waals surface area contributed by atoms with Crippen LogP contribution >= 0.6 is 0 Å². The van der Waals surface area contributed by atoms with Gasteiger partial charge in [-0.2, -0.15) is 5.10 Å². The molecule has 0 saturated heterocycles. The average Bonchev–Trinajstić information content (AvgIpc) is 2.93. The van der Waals surface area contributed by atoms with Crippen LogP contribution in [0.1, 0.15) is 43.0 Å². The molecule has 1 aliphatic carbocycles. The third-order valence-corrected chi connectivity index (χ3v) is 3.28. The smallest absolute Gasteiger partial charge is 0.138 e. The lowest BCUT2D eigenvalue weighted by Gasteiger charge is -2.14. The van der Waals surface area contributed by atoms with Gasteiger partial charge in [0.1, 0.15) is 5.82 Å². The molecule has 5 heteroatoms. The molecule has 0 radical (unpaired) electrons. The van der Waals surface area contributed by atoms with Gasteiger partial charge >= 0.3 is 0 Å². The first-order chi connectivity index (χ1) is 8.27. The summed E-state index contributed by atoms with van der Waals surface area (Å²) in [5.74, 6) is 0.898. The Hall–Kier alpha value is -1.65. The molecule has 1 aromatic rings. The van der Waals surface area contributed by atoms with E-state index in [0.29, 0.717) is 6.04 Å². The second-order valence-electron chi connectivity index (χ2n) is 4.41. The van der Waals surface area contributed by atoms with Gasteiger partial charge in [-0.15, -0.1) is 0 Å². The summed E-state index contributed by atoms with van der Waals surface area (Å²) >= 11 is 0. The molecule has 1 saturated carbocycles. The number of aliphatic imine (C=N–C) groups is 1. The van der Waals surface area contributed by atoms with Crippen molar-refractivity contribution >= 4 is 18.4 Å². The number of aryl methyl sites for hydroxylation is 1. The number of hydrogen-bond acceptors (Lipinski definition) is 3. The molecule has 1 aliphatic rings. The molecule has 0 aromatic carbocycles. The number of aromatic nitrogens is 2. The maximum absolute atomic E-state index is 7.48. The van der Waals surface area contributed by atoms with Crippen LogP contribution in [-0.2, 0) is 0 Å². The molecule has 17 heavy (non-hydrogen) atoms. The molecule has 0 amide bonds. The molecule has 0 bridgehead atoms. The number of nitrogens with zero attached hydrogens (tertiary/aromatic N) is 3. The van der Waals surface area contributed by atoms with Crippen molar-refractivity contribution in [2.45, 2.75) is 38.6 Å². The van der Waals surface area contributed by atoms with Crippen molar-refractivity contribution in [2.75, 3.05) is 12.4 Å². The summed E-state index contributed by atoms with van der Waals surface area (Å²) < 4.78 is 2.03. The molecular weight excluding hydrogens is 214 g/mol. The van der Waals surface area contributed by atoms with Crippen LogP contribution in [0.4, 0.5) is 5.82 Å². The van der Waals surface area contributed by atoms with Gasteiger partial charge in [-0.05, 0) is 19.8 Å². The lowest BCUT2D eigenvalue weighted by atomic mass is 10.2. The summed E-state index contributed by atoms with van der Waals surface area (Å²) in [5, 5.41) is 15.2. The summed E-state index contributed by atoms with van der Waals surface area (Å²) in [6.45, 7) is 1.94. The third-order valence-electron chi connectivity index (χ3n) is 3.28. The first kappa shape index (κ1) is 11.8. The summed E-state index contributed by atoms with van der Waals surface area (Å²) in [6.07, 6.45) is 7.90. The SMILES string of the molecule is CN=CNc1c(C=N)c(C)nn1C1CCCC1. The molecule has 1 fully saturated rings. The van der Waals surface area contributed by atoms with E-state index in [1.165, 1.54) is 31.9 Å². The van der Waals surface area contributed by atoms with E-state index in [4.69, 9.17) is 5.41 Å². The van der Waals surface area contributed by atoms with E-state index in [1.807, 2.05) is 11.6 Å². The van der Waals surface area contributed by atoms with Crippen LogP contribution in [0.2, 0.25) is 0 Å². The van der Waals surface area contributed by atoms with Gasteiger partial charge in [0.15, 0.2) is 0 Å². The van der Waals surface area contributed by atoms with Crippen molar-refractivity contribution in [3.8, 4) is 0 Å². The Balaban J connectivity index is 2.38. The highest BCUT2D eigenvalue weighted by Crippen LogP contribution is 2.33. The molecule has 0 atom stereocenters. The van der Waals surface area contributed by atoms with Gasteiger partial charge in [0, 0.05) is 13.3 Å². The number of nitrogens with one attached hydrogen (secondary N) is 2. The lowest BCUT2D eigenvalue weighted by Crippen LogP contribution is -2.12. The van der Waals surface area contributed by atoms with Crippen molar-refractivity contribution in [2.24, 2.45) is 4.99 Å². The first-order valence-corrected chi connectivity index (χ1v) is 6.04. The molecule has 92 valence electrons. The zero-order valence-electron chi connectivity index (χ0n) is 10.4. The van der Waals surface area contributed by atoms with E-state index in [-0.39, 0.29) is 0 Å². The Morgan fingerprint density at radius 3 is 2.76 bits per heavy atom. The topological polar surface area (TPSA) is 66.1 Å². The van der Waals surface area contributed by atoms with Crippen LogP contribution < -0.4 is 5.32 Å². The average molecular weight is 233 g/mol. The van der Waals surface area contributed by atoms with E-state index >= 15 is 0 Å². The molecule has 1 aromatic heterocycles. The van der Waals surface area contributed by atoms with Crippen molar-refractivity contribution in [1.82, 2.24) is 9.78 Å². The minimum absolute atomic E-state index is 0.468. The van der Waals surface area contributed by atoms with Crippen LogP contribution in [0.3, 0.4) is 0 Å². The highest BCUT2D eigenvalue weighted by molar-refractivity contribution is 5.90. The summed E-state index contributed by atoms with van der Waals surface area (Å²) in [4.78, 5) is 3.93. The minimum Gasteiger partial charge on any atom is -0.331 e. The number of anilines is 1. The van der Waals surface area contributed by atoms with Crippen molar-refractivity contribution in [3.05, 3.63) is 11.3 Å². The molecule has 2 rings (SSSR count). The lowest BCUT2D eigenvalue weighted by molar-refractivity contribution is 0.471. The Bertz CT molecular complexity index is 426. The van der Waals surface area contributed by atoms with Crippen molar-refractivity contribution < 1.29 is 0 Å².